The van der Waals surface area contributed by atoms with Crippen LogP contribution in [0.2, 0.25) is 0 Å². The van der Waals surface area contributed by atoms with Crippen LogP contribution in [-0.4, -0.2) is 12.6 Å². The van der Waals surface area contributed by atoms with E-state index in [-0.39, 0.29) is 6.10 Å². The zero-order chi connectivity index (χ0) is 10.4. The summed E-state index contributed by atoms with van der Waals surface area (Å²) in [5.41, 5.74) is 1.19. The molecule has 0 unspecified atom stereocenters. The molecule has 0 amide bonds. The minimum Gasteiger partial charge on any atom is -0.467 e. The minimum absolute atomic E-state index is 0.243. The molecule has 0 atom stereocenters. The van der Waals surface area contributed by atoms with E-state index in [4.69, 9.17) is 9.15 Å². The van der Waals surface area contributed by atoms with Crippen LogP contribution in [0.25, 0.3) is 0 Å². The molecule has 1 aromatic rings. The van der Waals surface area contributed by atoms with E-state index in [0.29, 0.717) is 6.61 Å². The maximum Gasteiger partial charge on any atom is 0.133 e. The van der Waals surface area contributed by atoms with Gasteiger partial charge in [-0.15, -0.1) is 0 Å². The molecular formula is C11H19NO2. The SMILES string of the molecule is CCNCc1ccoc1COC(C)C. The largest absolute Gasteiger partial charge is 0.467 e. The maximum atomic E-state index is 5.49. The van der Waals surface area contributed by atoms with Gasteiger partial charge in [-0.2, -0.15) is 0 Å². The number of rotatable bonds is 6. The molecule has 0 fully saturated rings. The van der Waals surface area contributed by atoms with Gasteiger partial charge in [0.2, 0.25) is 0 Å². The molecule has 0 aliphatic rings. The Morgan fingerprint density at radius 3 is 2.93 bits per heavy atom. The van der Waals surface area contributed by atoms with E-state index in [1.54, 1.807) is 6.26 Å². The first-order valence-corrected chi connectivity index (χ1v) is 5.11. The molecule has 14 heavy (non-hydrogen) atoms. The zero-order valence-corrected chi connectivity index (χ0v) is 9.17. The van der Waals surface area contributed by atoms with Gasteiger partial charge < -0.3 is 14.5 Å². The first kappa shape index (κ1) is 11.3. The van der Waals surface area contributed by atoms with Crippen molar-refractivity contribution in [3.63, 3.8) is 0 Å². The van der Waals surface area contributed by atoms with E-state index < -0.39 is 0 Å². The average Bonchev–Trinajstić information content (AvgIpc) is 2.58. The van der Waals surface area contributed by atoms with Crippen molar-refractivity contribution in [2.24, 2.45) is 0 Å². The van der Waals surface area contributed by atoms with E-state index >= 15 is 0 Å². The van der Waals surface area contributed by atoms with Crippen molar-refractivity contribution in [1.82, 2.24) is 5.32 Å². The zero-order valence-electron chi connectivity index (χ0n) is 9.17. The molecule has 0 saturated heterocycles. The van der Waals surface area contributed by atoms with Gasteiger partial charge in [0, 0.05) is 12.1 Å². The number of furan rings is 1. The van der Waals surface area contributed by atoms with Gasteiger partial charge in [0.1, 0.15) is 12.4 Å². The van der Waals surface area contributed by atoms with Gasteiger partial charge in [0.15, 0.2) is 0 Å². The topological polar surface area (TPSA) is 34.4 Å². The van der Waals surface area contributed by atoms with Gasteiger partial charge in [-0.3, -0.25) is 0 Å². The fourth-order valence-corrected chi connectivity index (χ4v) is 1.15. The van der Waals surface area contributed by atoms with Crippen LogP contribution in [0.4, 0.5) is 0 Å². The van der Waals surface area contributed by atoms with Gasteiger partial charge in [-0.05, 0) is 26.5 Å². The van der Waals surface area contributed by atoms with Crippen LogP contribution in [-0.2, 0) is 17.9 Å². The van der Waals surface area contributed by atoms with E-state index in [1.165, 1.54) is 5.56 Å². The first-order chi connectivity index (χ1) is 6.74. The molecule has 3 heteroatoms. The van der Waals surface area contributed by atoms with E-state index in [2.05, 4.69) is 12.2 Å². The average molecular weight is 197 g/mol. The summed E-state index contributed by atoms with van der Waals surface area (Å²) in [7, 11) is 0. The Morgan fingerprint density at radius 1 is 1.50 bits per heavy atom. The van der Waals surface area contributed by atoms with Crippen LogP contribution >= 0.6 is 0 Å². The highest BCUT2D eigenvalue weighted by Gasteiger charge is 2.06. The van der Waals surface area contributed by atoms with Crippen LogP contribution < -0.4 is 5.32 Å². The molecule has 0 aliphatic heterocycles. The van der Waals surface area contributed by atoms with Crippen molar-refractivity contribution < 1.29 is 9.15 Å². The highest BCUT2D eigenvalue weighted by molar-refractivity contribution is 5.16. The van der Waals surface area contributed by atoms with Crippen molar-refractivity contribution >= 4 is 0 Å². The first-order valence-electron chi connectivity index (χ1n) is 5.11. The van der Waals surface area contributed by atoms with Gasteiger partial charge >= 0.3 is 0 Å². The van der Waals surface area contributed by atoms with E-state index in [9.17, 15) is 0 Å². The van der Waals surface area contributed by atoms with Crippen molar-refractivity contribution in [1.29, 1.82) is 0 Å². The third kappa shape index (κ3) is 3.52. The van der Waals surface area contributed by atoms with Crippen molar-refractivity contribution in [3.8, 4) is 0 Å². The second-order valence-electron chi connectivity index (χ2n) is 3.51. The van der Waals surface area contributed by atoms with Crippen LogP contribution in [0.15, 0.2) is 16.7 Å². The van der Waals surface area contributed by atoms with Crippen LogP contribution in [0.1, 0.15) is 32.1 Å². The minimum atomic E-state index is 0.243. The third-order valence-electron chi connectivity index (χ3n) is 1.95. The molecule has 1 heterocycles. The third-order valence-corrected chi connectivity index (χ3v) is 1.95. The summed E-state index contributed by atoms with van der Waals surface area (Å²) in [6.45, 7) is 8.51. The molecule has 0 bridgehead atoms. The smallest absolute Gasteiger partial charge is 0.133 e. The quantitative estimate of drug-likeness (QED) is 0.760. The van der Waals surface area contributed by atoms with Gasteiger partial charge in [-0.25, -0.2) is 0 Å². The number of nitrogens with one attached hydrogen (secondary N) is 1. The molecule has 1 N–H and O–H groups in total. The number of ether oxygens (including phenoxy) is 1. The molecule has 0 radical (unpaired) electrons. The Labute approximate surface area is 85.4 Å². The summed E-state index contributed by atoms with van der Waals surface area (Å²) < 4.78 is 10.8. The van der Waals surface area contributed by atoms with Crippen molar-refractivity contribution in [2.75, 3.05) is 6.54 Å². The molecule has 0 saturated carbocycles. The lowest BCUT2D eigenvalue weighted by molar-refractivity contribution is 0.0539. The summed E-state index contributed by atoms with van der Waals surface area (Å²) >= 11 is 0. The molecule has 3 nitrogen and oxygen atoms in total. The summed E-state index contributed by atoms with van der Waals surface area (Å²) in [5, 5.41) is 3.26. The molecule has 1 aromatic heterocycles. The standard InChI is InChI=1S/C11H19NO2/c1-4-12-7-10-5-6-13-11(10)8-14-9(2)3/h5-6,9,12H,4,7-8H2,1-3H3. The Morgan fingerprint density at radius 2 is 2.29 bits per heavy atom. The van der Waals surface area contributed by atoms with Crippen LogP contribution in [0.3, 0.4) is 0 Å². The van der Waals surface area contributed by atoms with Gasteiger partial charge in [-0.1, -0.05) is 6.92 Å². The Bertz CT molecular complexity index is 256. The molecule has 0 aromatic carbocycles. The summed E-state index contributed by atoms with van der Waals surface area (Å²) in [6, 6.07) is 1.99. The van der Waals surface area contributed by atoms with Gasteiger partial charge in [0.25, 0.3) is 0 Å². The molecular weight excluding hydrogens is 178 g/mol. The predicted molar refractivity (Wildman–Crippen MR) is 56.0 cm³/mol. The second kappa shape index (κ2) is 5.83. The monoisotopic (exact) mass is 197 g/mol. The van der Waals surface area contributed by atoms with Crippen LogP contribution in [0, 0.1) is 0 Å². The molecule has 80 valence electrons. The summed E-state index contributed by atoms with van der Waals surface area (Å²) in [4.78, 5) is 0. The highest BCUT2D eigenvalue weighted by Crippen LogP contribution is 2.12. The lowest BCUT2D eigenvalue weighted by atomic mass is 10.2. The van der Waals surface area contributed by atoms with Crippen molar-refractivity contribution in [2.45, 2.75) is 40.0 Å². The Hall–Kier alpha value is -0.800. The lowest BCUT2D eigenvalue weighted by Crippen LogP contribution is -2.13. The summed E-state index contributed by atoms with van der Waals surface area (Å²) in [5.74, 6) is 0.930. The normalized spacial score (nSPS) is 11.1. The molecule has 0 aliphatic carbocycles. The number of hydrogen-bond acceptors (Lipinski definition) is 3. The Kier molecular flexibility index (Phi) is 4.70. The second-order valence-corrected chi connectivity index (χ2v) is 3.51. The summed E-state index contributed by atoms with van der Waals surface area (Å²) in [6.07, 6.45) is 1.96. The maximum absolute atomic E-state index is 5.49. The van der Waals surface area contributed by atoms with Crippen LogP contribution in [0.5, 0.6) is 0 Å². The highest BCUT2D eigenvalue weighted by atomic mass is 16.5. The van der Waals surface area contributed by atoms with E-state index in [0.717, 1.165) is 18.8 Å². The fraction of sp³-hybridized carbons (Fsp3) is 0.636. The fourth-order valence-electron chi connectivity index (χ4n) is 1.15. The molecule has 1 rings (SSSR count). The number of hydrogen-bond donors (Lipinski definition) is 1. The lowest BCUT2D eigenvalue weighted by Gasteiger charge is -2.07. The van der Waals surface area contributed by atoms with E-state index in [1.807, 2.05) is 19.9 Å². The molecule has 0 spiro atoms. The predicted octanol–water partition coefficient (Wildman–Crippen LogP) is 2.31. The van der Waals surface area contributed by atoms with Gasteiger partial charge in [0.05, 0.1) is 12.4 Å². The van der Waals surface area contributed by atoms with Crippen molar-refractivity contribution in [3.05, 3.63) is 23.7 Å². The Balaban J connectivity index is 2.45.